The van der Waals surface area contributed by atoms with Crippen LogP contribution in [-0.2, 0) is 26.4 Å². The zero-order chi connectivity index (χ0) is 21.6. The summed E-state index contributed by atoms with van der Waals surface area (Å²) < 4.78 is 53.0. The second-order valence-electron chi connectivity index (χ2n) is 8.34. The van der Waals surface area contributed by atoms with Crippen LogP contribution in [0.4, 0.5) is 0 Å². The average Bonchev–Trinajstić information content (AvgIpc) is 3.45. The maximum atomic E-state index is 13.6. The molecule has 0 heterocycles. The van der Waals surface area contributed by atoms with Crippen LogP contribution in [0.5, 0.6) is 0 Å². The Labute approximate surface area is 174 Å². The van der Waals surface area contributed by atoms with E-state index in [4.69, 9.17) is 0 Å². The molecule has 29 heavy (non-hydrogen) atoms. The van der Waals surface area contributed by atoms with Gasteiger partial charge in [0.2, 0.25) is 10.0 Å². The molecular formula is C22H29NO4S2. The van der Waals surface area contributed by atoms with Crippen LogP contribution in [0.15, 0.2) is 46.2 Å². The number of hydrogen-bond acceptors (Lipinski definition) is 4. The molecule has 0 spiro atoms. The fraction of sp³-hybridized carbons (Fsp3) is 0.455. The molecule has 0 atom stereocenters. The standard InChI is InChI=1S/C22H29NO4S2/c1-15(2)19-8-6-18(7-9-19)14-23(20-10-11-20)29(26,27)22-13-16(3)12-21(17(22)4)28(5,24)25/h6-9,12-13,15,20H,10-11,14H2,1-5H3. The van der Waals surface area contributed by atoms with Gasteiger partial charge in [-0.15, -0.1) is 0 Å². The average molecular weight is 436 g/mol. The van der Waals surface area contributed by atoms with Crippen molar-refractivity contribution in [2.24, 2.45) is 0 Å². The van der Waals surface area contributed by atoms with E-state index in [0.29, 0.717) is 17.0 Å². The lowest BCUT2D eigenvalue weighted by Crippen LogP contribution is -2.33. The molecule has 158 valence electrons. The normalized spacial score (nSPS) is 15.3. The molecule has 5 nitrogen and oxygen atoms in total. The zero-order valence-electron chi connectivity index (χ0n) is 17.6. The van der Waals surface area contributed by atoms with Gasteiger partial charge in [0, 0.05) is 18.8 Å². The Morgan fingerprint density at radius 2 is 1.52 bits per heavy atom. The van der Waals surface area contributed by atoms with Crippen LogP contribution < -0.4 is 0 Å². The molecule has 0 bridgehead atoms. The third kappa shape index (κ3) is 4.73. The molecule has 3 rings (SSSR count). The van der Waals surface area contributed by atoms with Gasteiger partial charge in [-0.3, -0.25) is 0 Å². The van der Waals surface area contributed by atoms with Crippen molar-refractivity contribution in [1.82, 2.24) is 4.31 Å². The first-order chi connectivity index (χ1) is 13.4. The highest BCUT2D eigenvalue weighted by Crippen LogP contribution is 2.36. The molecule has 0 unspecified atom stereocenters. The Morgan fingerprint density at radius 1 is 0.966 bits per heavy atom. The van der Waals surface area contributed by atoms with Gasteiger partial charge in [-0.25, -0.2) is 16.8 Å². The van der Waals surface area contributed by atoms with E-state index in [-0.39, 0.29) is 22.4 Å². The molecule has 1 aliphatic carbocycles. The molecule has 0 N–H and O–H groups in total. The summed E-state index contributed by atoms with van der Waals surface area (Å²) in [5.74, 6) is 0.414. The molecule has 1 aliphatic rings. The largest absolute Gasteiger partial charge is 0.243 e. The summed E-state index contributed by atoms with van der Waals surface area (Å²) in [5.41, 5.74) is 3.05. The van der Waals surface area contributed by atoms with Crippen molar-refractivity contribution in [3.05, 3.63) is 58.7 Å². The summed E-state index contributed by atoms with van der Waals surface area (Å²) in [7, 11) is -7.35. The second kappa shape index (κ2) is 7.85. The predicted molar refractivity (Wildman–Crippen MR) is 115 cm³/mol. The first-order valence-electron chi connectivity index (χ1n) is 9.83. The lowest BCUT2D eigenvalue weighted by Gasteiger charge is -2.24. The van der Waals surface area contributed by atoms with Gasteiger partial charge in [0.05, 0.1) is 9.79 Å². The van der Waals surface area contributed by atoms with Gasteiger partial charge < -0.3 is 0 Å². The summed E-state index contributed by atoms with van der Waals surface area (Å²) in [6.07, 6.45) is 2.76. The summed E-state index contributed by atoms with van der Waals surface area (Å²) in [6.45, 7) is 7.82. The van der Waals surface area contributed by atoms with Gasteiger partial charge >= 0.3 is 0 Å². The predicted octanol–water partition coefficient (Wildman–Crippen LogP) is 4.18. The summed E-state index contributed by atoms with van der Waals surface area (Å²) >= 11 is 0. The van der Waals surface area contributed by atoms with Gasteiger partial charge in [-0.05, 0) is 67.0 Å². The summed E-state index contributed by atoms with van der Waals surface area (Å²) in [4.78, 5) is 0.164. The highest BCUT2D eigenvalue weighted by Gasteiger charge is 2.39. The Hall–Kier alpha value is -1.70. The molecule has 1 fully saturated rings. The number of rotatable bonds is 7. The third-order valence-corrected chi connectivity index (χ3v) is 8.63. The minimum Gasteiger partial charge on any atom is -0.224 e. The van der Waals surface area contributed by atoms with E-state index < -0.39 is 19.9 Å². The number of aryl methyl sites for hydroxylation is 1. The smallest absolute Gasteiger partial charge is 0.224 e. The Bertz CT molecular complexity index is 1110. The minimum atomic E-state index is -3.83. The fourth-order valence-corrected chi connectivity index (χ4v) is 6.67. The van der Waals surface area contributed by atoms with Crippen LogP contribution in [0.1, 0.15) is 54.9 Å². The number of hydrogen-bond donors (Lipinski definition) is 0. The molecular weight excluding hydrogens is 406 g/mol. The lowest BCUT2D eigenvalue weighted by atomic mass is 10.0. The maximum Gasteiger partial charge on any atom is 0.243 e. The summed E-state index contributed by atoms with van der Waals surface area (Å²) in [5, 5.41) is 0. The quantitative estimate of drug-likeness (QED) is 0.654. The third-order valence-electron chi connectivity index (χ3n) is 5.38. The van der Waals surface area contributed by atoms with E-state index in [1.165, 1.54) is 15.9 Å². The molecule has 0 aliphatic heterocycles. The minimum absolute atomic E-state index is 0.0358. The lowest BCUT2D eigenvalue weighted by molar-refractivity contribution is 0.398. The van der Waals surface area contributed by atoms with Crippen LogP contribution in [-0.4, -0.2) is 33.4 Å². The van der Waals surface area contributed by atoms with E-state index in [1.54, 1.807) is 19.9 Å². The Kier molecular flexibility index (Phi) is 5.96. The molecule has 0 radical (unpaired) electrons. The van der Waals surface area contributed by atoms with Gasteiger partial charge in [0.25, 0.3) is 0 Å². The molecule has 7 heteroatoms. The Morgan fingerprint density at radius 3 is 2.00 bits per heavy atom. The van der Waals surface area contributed by atoms with Crippen molar-refractivity contribution >= 4 is 19.9 Å². The molecule has 1 saturated carbocycles. The van der Waals surface area contributed by atoms with Crippen molar-refractivity contribution < 1.29 is 16.8 Å². The zero-order valence-corrected chi connectivity index (χ0v) is 19.3. The maximum absolute atomic E-state index is 13.6. The Balaban J connectivity index is 2.03. The van der Waals surface area contributed by atoms with Crippen LogP contribution >= 0.6 is 0 Å². The number of benzene rings is 2. The topological polar surface area (TPSA) is 71.5 Å². The van der Waals surface area contributed by atoms with Crippen molar-refractivity contribution in [2.75, 3.05) is 6.26 Å². The van der Waals surface area contributed by atoms with Gasteiger partial charge in [-0.1, -0.05) is 38.1 Å². The first-order valence-corrected chi connectivity index (χ1v) is 13.2. The highest BCUT2D eigenvalue weighted by molar-refractivity contribution is 7.91. The van der Waals surface area contributed by atoms with E-state index in [9.17, 15) is 16.8 Å². The molecule has 2 aromatic carbocycles. The van der Waals surface area contributed by atoms with E-state index in [2.05, 4.69) is 13.8 Å². The number of nitrogens with zero attached hydrogens (tertiary/aromatic N) is 1. The SMILES string of the molecule is Cc1cc(S(C)(=O)=O)c(C)c(S(=O)(=O)N(Cc2ccc(C(C)C)cc2)C2CC2)c1. The van der Waals surface area contributed by atoms with Crippen molar-refractivity contribution in [1.29, 1.82) is 0 Å². The fourth-order valence-electron chi connectivity index (χ4n) is 3.53. The van der Waals surface area contributed by atoms with E-state index in [0.717, 1.165) is 24.7 Å². The van der Waals surface area contributed by atoms with Crippen molar-refractivity contribution in [3.8, 4) is 0 Å². The van der Waals surface area contributed by atoms with Crippen LogP contribution in [0.25, 0.3) is 0 Å². The van der Waals surface area contributed by atoms with Crippen LogP contribution in [0.2, 0.25) is 0 Å². The molecule has 0 amide bonds. The van der Waals surface area contributed by atoms with Gasteiger partial charge in [0.1, 0.15) is 0 Å². The second-order valence-corrected chi connectivity index (χ2v) is 12.2. The van der Waals surface area contributed by atoms with Crippen molar-refractivity contribution in [2.45, 2.75) is 68.8 Å². The van der Waals surface area contributed by atoms with E-state index in [1.807, 2.05) is 24.3 Å². The van der Waals surface area contributed by atoms with Gasteiger partial charge in [0.15, 0.2) is 9.84 Å². The van der Waals surface area contributed by atoms with E-state index >= 15 is 0 Å². The molecule has 0 aromatic heterocycles. The van der Waals surface area contributed by atoms with Crippen LogP contribution in [0.3, 0.4) is 0 Å². The van der Waals surface area contributed by atoms with Crippen LogP contribution in [0, 0.1) is 13.8 Å². The number of sulfonamides is 1. The first kappa shape index (κ1) is 22.0. The monoisotopic (exact) mass is 435 g/mol. The number of sulfone groups is 1. The van der Waals surface area contributed by atoms with Gasteiger partial charge in [-0.2, -0.15) is 4.31 Å². The molecule has 0 saturated heterocycles. The van der Waals surface area contributed by atoms with Crippen molar-refractivity contribution in [3.63, 3.8) is 0 Å². The summed E-state index contributed by atoms with van der Waals surface area (Å²) in [6, 6.07) is 11.1. The molecule has 2 aromatic rings. The highest BCUT2D eigenvalue weighted by atomic mass is 32.2.